The third-order valence-corrected chi connectivity index (χ3v) is 1.25. The van der Waals surface area contributed by atoms with Crippen molar-refractivity contribution in [3.8, 4) is 0 Å². The molecule has 0 rings (SSSR count). The molecule has 0 aliphatic rings. The van der Waals surface area contributed by atoms with E-state index in [2.05, 4.69) is 0 Å². The van der Waals surface area contributed by atoms with Crippen molar-refractivity contribution in [1.82, 2.24) is 4.90 Å². The molecule has 102 valence electrons. The standard InChI is InChI=1S/C6H15NO3.Ca.ClH.Na.H2O4S/c8-4-1-7(2-5-9)3-6-10;;;;1-5(2,3)4/h8-10H,1-6H2;;1H;;(H2,1,2,3,4)/q;+2;;+1;/p-3. The fraction of sp³-hybridized carbons (Fsp3) is 1.00. The molecule has 0 fully saturated rings. The first-order valence-corrected chi connectivity index (χ1v) is 5.40. The maximum Gasteiger partial charge on any atom is 2.00 e. The maximum absolute atomic E-state index is 8.52. The van der Waals surface area contributed by atoms with Crippen molar-refractivity contribution in [2.24, 2.45) is 0 Å². The first-order valence-electron chi connectivity index (χ1n) is 4.06. The molecule has 0 heterocycles. The van der Waals surface area contributed by atoms with Crippen LogP contribution in [-0.2, 0) is 10.4 Å². The molecule has 0 aromatic rings. The van der Waals surface area contributed by atoms with Crippen LogP contribution in [0.15, 0.2) is 0 Å². The van der Waals surface area contributed by atoms with Gasteiger partial charge in [-0.05, 0) is 0 Å². The summed E-state index contributed by atoms with van der Waals surface area (Å²) in [5.41, 5.74) is 0. The number of aliphatic hydroxyl groups excluding tert-OH is 3. The molecule has 18 heavy (non-hydrogen) atoms. The summed E-state index contributed by atoms with van der Waals surface area (Å²) in [6, 6.07) is 0. The van der Waals surface area contributed by atoms with Crippen molar-refractivity contribution in [2.75, 3.05) is 39.5 Å². The molecule has 3 N–H and O–H groups in total. The van der Waals surface area contributed by atoms with Gasteiger partial charge in [0.05, 0.1) is 19.8 Å². The van der Waals surface area contributed by atoms with Gasteiger partial charge in [0.15, 0.2) is 0 Å². The van der Waals surface area contributed by atoms with Crippen molar-refractivity contribution < 1.29 is 74.8 Å². The summed E-state index contributed by atoms with van der Waals surface area (Å²) in [5, 5.41) is 25.5. The van der Waals surface area contributed by atoms with Crippen LogP contribution < -0.4 is 42.0 Å². The molecule has 0 unspecified atom stereocenters. The van der Waals surface area contributed by atoms with Crippen LogP contribution >= 0.6 is 0 Å². The van der Waals surface area contributed by atoms with Crippen molar-refractivity contribution in [2.45, 2.75) is 0 Å². The van der Waals surface area contributed by atoms with Crippen LogP contribution in [0.1, 0.15) is 0 Å². The van der Waals surface area contributed by atoms with E-state index >= 15 is 0 Å². The Kier molecular flexibility index (Phi) is 38.6. The minimum Gasteiger partial charge on any atom is -1.00 e. The second kappa shape index (κ2) is 21.6. The summed E-state index contributed by atoms with van der Waals surface area (Å²) >= 11 is 0. The van der Waals surface area contributed by atoms with Crippen molar-refractivity contribution in [3.63, 3.8) is 0 Å². The molecular formula is C6H15CaClNNaO7S. The minimum atomic E-state index is -5.17. The van der Waals surface area contributed by atoms with Crippen molar-refractivity contribution in [3.05, 3.63) is 0 Å². The Morgan fingerprint density at radius 3 is 1.17 bits per heavy atom. The van der Waals surface area contributed by atoms with E-state index in [1.807, 2.05) is 0 Å². The minimum absolute atomic E-state index is 0. The normalized spacial score (nSPS) is 9.22. The van der Waals surface area contributed by atoms with Gasteiger partial charge in [-0.1, -0.05) is 0 Å². The van der Waals surface area contributed by atoms with Gasteiger partial charge >= 0.3 is 67.3 Å². The van der Waals surface area contributed by atoms with Gasteiger partial charge in [0.2, 0.25) is 0 Å². The molecule has 12 heteroatoms. The summed E-state index contributed by atoms with van der Waals surface area (Å²) in [5.74, 6) is 0. The number of hydrogen-bond acceptors (Lipinski definition) is 8. The van der Waals surface area contributed by atoms with Crippen LogP contribution in [0.2, 0.25) is 0 Å². The van der Waals surface area contributed by atoms with Gasteiger partial charge < -0.3 is 36.8 Å². The van der Waals surface area contributed by atoms with E-state index in [1.54, 1.807) is 4.90 Å². The molecule has 0 spiro atoms. The fourth-order valence-electron chi connectivity index (χ4n) is 0.760. The monoisotopic (exact) mass is 343 g/mol. The molecule has 0 aromatic carbocycles. The molecule has 0 aromatic heterocycles. The molecular weight excluding hydrogens is 329 g/mol. The number of hydrogen-bond donors (Lipinski definition) is 3. The summed E-state index contributed by atoms with van der Waals surface area (Å²) in [4.78, 5) is 1.79. The molecule has 0 radical (unpaired) electrons. The SMILES string of the molecule is O=S(=O)([O-])[O-].OCCN(CCO)CCO.[Ca+2].[Cl-].[Na+]. The van der Waals surface area contributed by atoms with E-state index in [-0.39, 0.29) is 99.5 Å². The van der Waals surface area contributed by atoms with Gasteiger partial charge in [-0.25, -0.2) is 0 Å². The predicted octanol–water partition coefficient (Wildman–Crippen LogP) is -9.45. The zero-order valence-corrected chi connectivity index (χ0v) is 15.9. The van der Waals surface area contributed by atoms with E-state index in [9.17, 15) is 0 Å². The zero-order chi connectivity index (χ0) is 12.3. The molecule has 0 amide bonds. The fourth-order valence-corrected chi connectivity index (χ4v) is 0.760. The van der Waals surface area contributed by atoms with Crippen LogP contribution in [0.4, 0.5) is 0 Å². The Balaban J connectivity index is -0.0000000621. The Labute approximate surface area is 165 Å². The second-order valence-corrected chi connectivity index (χ2v) is 3.24. The molecule has 0 bridgehead atoms. The quantitative estimate of drug-likeness (QED) is 0.245. The summed E-state index contributed by atoms with van der Waals surface area (Å²) in [7, 11) is -5.17. The Hall–Kier alpha value is 2.26. The average molecular weight is 344 g/mol. The smallest absolute Gasteiger partial charge is 1.00 e. The first kappa shape index (κ1) is 32.3. The van der Waals surface area contributed by atoms with Gasteiger partial charge in [-0.2, -0.15) is 0 Å². The van der Waals surface area contributed by atoms with Gasteiger partial charge in [-0.3, -0.25) is 13.3 Å². The third kappa shape index (κ3) is 42.9. The van der Waals surface area contributed by atoms with Gasteiger partial charge in [0, 0.05) is 30.0 Å². The number of halogens is 1. The number of aliphatic hydroxyl groups is 3. The van der Waals surface area contributed by atoms with Crippen LogP contribution in [0, 0.1) is 0 Å². The Morgan fingerprint density at radius 2 is 1.06 bits per heavy atom. The number of nitrogens with zero attached hydrogens (tertiary/aromatic N) is 1. The van der Waals surface area contributed by atoms with Crippen molar-refractivity contribution in [1.29, 1.82) is 0 Å². The van der Waals surface area contributed by atoms with Crippen LogP contribution in [0.25, 0.3) is 0 Å². The number of rotatable bonds is 6. The third-order valence-electron chi connectivity index (χ3n) is 1.25. The average Bonchev–Trinajstić information content (AvgIpc) is 2.02. The van der Waals surface area contributed by atoms with Gasteiger partial charge in [-0.15, -0.1) is 0 Å². The van der Waals surface area contributed by atoms with Gasteiger partial charge in [0.25, 0.3) is 0 Å². The van der Waals surface area contributed by atoms with Crippen LogP contribution in [-0.4, -0.2) is 115 Å². The van der Waals surface area contributed by atoms with E-state index in [4.69, 9.17) is 32.8 Å². The molecule has 8 nitrogen and oxygen atoms in total. The Bertz CT molecular complexity index is 212. The first-order chi connectivity index (χ1) is 6.85. The molecule has 0 aliphatic heterocycles. The molecule has 0 saturated carbocycles. The molecule has 0 saturated heterocycles. The predicted molar refractivity (Wildman–Crippen MR) is 53.9 cm³/mol. The topological polar surface area (TPSA) is 144 Å². The van der Waals surface area contributed by atoms with E-state index in [0.717, 1.165) is 0 Å². The van der Waals surface area contributed by atoms with E-state index in [1.165, 1.54) is 0 Å². The van der Waals surface area contributed by atoms with Gasteiger partial charge in [0.1, 0.15) is 0 Å². The summed E-state index contributed by atoms with van der Waals surface area (Å²) < 4.78 is 34.1. The van der Waals surface area contributed by atoms with Crippen LogP contribution in [0.3, 0.4) is 0 Å². The largest absolute Gasteiger partial charge is 2.00 e. The van der Waals surface area contributed by atoms with Crippen LogP contribution in [0.5, 0.6) is 0 Å². The maximum atomic E-state index is 8.52. The Morgan fingerprint density at radius 1 is 0.889 bits per heavy atom. The van der Waals surface area contributed by atoms with Crippen molar-refractivity contribution >= 4 is 48.1 Å². The molecule has 0 aliphatic carbocycles. The summed E-state index contributed by atoms with van der Waals surface area (Å²) in [6.45, 7) is 1.75. The molecule has 0 atom stereocenters. The van der Waals surface area contributed by atoms with E-state index < -0.39 is 10.4 Å². The second-order valence-electron chi connectivity index (χ2n) is 2.42. The summed E-state index contributed by atoms with van der Waals surface area (Å²) in [6.07, 6.45) is 0. The zero-order valence-electron chi connectivity index (χ0n) is 10.2. The van der Waals surface area contributed by atoms with E-state index in [0.29, 0.717) is 19.6 Å².